The molecule has 2 aliphatic rings. The Bertz CT molecular complexity index is 523. The molecular formula is C20H31ClN2O2. The van der Waals surface area contributed by atoms with Crippen molar-refractivity contribution in [2.24, 2.45) is 0 Å². The lowest BCUT2D eigenvalue weighted by atomic mass is 9.78. The fourth-order valence-corrected chi connectivity index (χ4v) is 4.62. The Balaban J connectivity index is 1.57. The molecule has 1 aliphatic carbocycles. The summed E-state index contributed by atoms with van der Waals surface area (Å²) in [6, 6.07) is 8.52. The molecule has 0 aromatic heterocycles. The van der Waals surface area contributed by atoms with Gasteiger partial charge in [-0.25, -0.2) is 0 Å². The van der Waals surface area contributed by atoms with Gasteiger partial charge in [0.15, 0.2) is 0 Å². The van der Waals surface area contributed by atoms with Gasteiger partial charge < -0.3 is 9.84 Å². The molecule has 3 rings (SSSR count). The van der Waals surface area contributed by atoms with Crippen molar-refractivity contribution >= 4 is 11.6 Å². The summed E-state index contributed by atoms with van der Waals surface area (Å²) in [7, 11) is 1.64. The standard InChI is InChI=1S/C20H31ClN2O2/c1-25-15-19(24)14-22-10-12-23(13-11-22)16-20(8-2-3-9-20)17-4-6-18(21)7-5-17/h4-7,19,24H,2-3,8-16H2,1H3. The van der Waals surface area contributed by atoms with Crippen LogP contribution < -0.4 is 0 Å². The molecule has 25 heavy (non-hydrogen) atoms. The van der Waals surface area contributed by atoms with Gasteiger partial charge in [-0.3, -0.25) is 9.80 Å². The summed E-state index contributed by atoms with van der Waals surface area (Å²) in [4.78, 5) is 4.96. The number of hydrogen-bond donors (Lipinski definition) is 1. The maximum Gasteiger partial charge on any atom is 0.0900 e. The summed E-state index contributed by atoms with van der Waals surface area (Å²) >= 11 is 6.09. The minimum absolute atomic E-state index is 0.294. The second-order valence-corrected chi connectivity index (χ2v) is 8.12. The van der Waals surface area contributed by atoms with Crippen molar-refractivity contribution < 1.29 is 9.84 Å². The lowest BCUT2D eigenvalue weighted by molar-refractivity contribution is 0.0212. The third kappa shape index (κ3) is 4.95. The number of halogens is 1. The van der Waals surface area contributed by atoms with Crippen LogP contribution in [0.1, 0.15) is 31.2 Å². The number of hydrogen-bond acceptors (Lipinski definition) is 4. The second-order valence-electron chi connectivity index (χ2n) is 7.68. The average Bonchev–Trinajstić information content (AvgIpc) is 3.07. The van der Waals surface area contributed by atoms with E-state index in [-0.39, 0.29) is 6.10 Å². The van der Waals surface area contributed by atoms with Crippen molar-refractivity contribution in [2.75, 3.05) is 53.0 Å². The Morgan fingerprint density at radius 3 is 2.28 bits per heavy atom. The topological polar surface area (TPSA) is 35.9 Å². The van der Waals surface area contributed by atoms with Crippen molar-refractivity contribution in [3.8, 4) is 0 Å². The first kappa shape index (κ1) is 19.1. The maximum absolute atomic E-state index is 9.92. The summed E-state index contributed by atoms with van der Waals surface area (Å²) in [5.74, 6) is 0. The molecule has 1 aliphatic heterocycles. The van der Waals surface area contributed by atoms with Crippen molar-refractivity contribution in [1.29, 1.82) is 0 Å². The van der Waals surface area contributed by atoms with E-state index in [0.717, 1.165) is 37.7 Å². The number of nitrogens with zero attached hydrogens (tertiary/aromatic N) is 2. The molecule has 0 amide bonds. The van der Waals surface area contributed by atoms with Gasteiger partial charge in [0.1, 0.15) is 0 Å². The van der Waals surface area contributed by atoms with Crippen LogP contribution >= 0.6 is 11.6 Å². The quantitative estimate of drug-likeness (QED) is 0.805. The number of rotatable bonds is 7. The molecule has 1 saturated carbocycles. The van der Waals surface area contributed by atoms with E-state index in [0.29, 0.717) is 18.6 Å². The highest BCUT2D eigenvalue weighted by atomic mass is 35.5. The Labute approximate surface area is 156 Å². The Morgan fingerprint density at radius 1 is 1.08 bits per heavy atom. The highest BCUT2D eigenvalue weighted by Crippen LogP contribution is 2.42. The molecule has 2 fully saturated rings. The van der Waals surface area contributed by atoms with E-state index in [4.69, 9.17) is 16.3 Å². The Morgan fingerprint density at radius 2 is 1.68 bits per heavy atom. The van der Waals surface area contributed by atoms with E-state index < -0.39 is 0 Å². The van der Waals surface area contributed by atoms with E-state index in [1.165, 1.54) is 31.2 Å². The summed E-state index contributed by atoms with van der Waals surface area (Å²) in [5, 5.41) is 10.7. The summed E-state index contributed by atoms with van der Waals surface area (Å²) in [5.41, 5.74) is 1.75. The number of methoxy groups -OCH3 is 1. The number of piperazine rings is 1. The van der Waals surface area contributed by atoms with E-state index in [2.05, 4.69) is 21.9 Å². The van der Waals surface area contributed by atoms with Crippen LogP contribution in [0.5, 0.6) is 0 Å². The third-order valence-electron chi connectivity index (χ3n) is 5.84. The van der Waals surface area contributed by atoms with Crippen LogP contribution in [0.25, 0.3) is 0 Å². The number of β-amino-alcohol motifs (C(OH)–C–C–N with tert-alkyl or cyclic N) is 1. The lowest BCUT2D eigenvalue weighted by Crippen LogP contribution is -2.52. The molecule has 1 aromatic carbocycles. The summed E-state index contributed by atoms with van der Waals surface area (Å²) < 4.78 is 5.03. The first-order valence-corrected chi connectivity index (χ1v) is 9.87. The number of ether oxygens (including phenoxy) is 1. The van der Waals surface area contributed by atoms with E-state index >= 15 is 0 Å². The first-order valence-electron chi connectivity index (χ1n) is 9.49. The van der Waals surface area contributed by atoms with Gasteiger partial charge in [-0.05, 0) is 30.5 Å². The fourth-order valence-electron chi connectivity index (χ4n) is 4.49. The van der Waals surface area contributed by atoms with E-state index in [9.17, 15) is 5.11 Å². The molecule has 1 atom stereocenters. The van der Waals surface area contributed by atoms with Crippen molar-refractivity contribution in [2.45, 2.75) is 37.2 Å². The third-order valence-corrected chi connectivity index (χ3v) is 6.09. The molecule has 1 saturated heterocycles. The SMILES string of the molecule is COCC(O)CN1CCN(CC2(c3ccc(Cl)cc3)CCCC2)CC1. The molecular weight excluding hydrogens is 336 g/mol. The largest absolute Gasteiger partial charge is 0.389 e. The predicted molar refractivity (Wildman–Crippen MR) is 102 cm³/mol. The molecule has 5 heteroatoms. The van der Waals surface area contributed by atoms with E-state index in [1.54, 1.807) is 7.11 Å². The molecule has 0 spiro atoms. The zero-order valence-electron chi connectivity index (χ0n) is 15.3. The fraction of sp³-hybridized carbons (Fsp3) is 0.700. The normalized spacial score (nSPS) is 23.0. The van der Waals surface area contributed by atoms with Gasteiger partial charge in [0.05, 0.1) is 12.7 Å². The van der Waals surface area contributed by atoms with Crippen molar-refractivity contribution in [3.63, 3.8) is 0 Å². The van der Waals surface area contributed by atoms with Crippen LogP contribution in [-0.4, -0.2) is 74.0 Å². The van der Waals surface area contributed by atoms with Crippen LogP contribution in [0.2, 0.25) is 5.02 Å². The minimum atomic E-state index is -0.383. The first-order chi connectivity index (χ1) is 12.1. The highest BCUT2D eigenvalue weighted by molar-refractivity contribution is 6.30. The Hall–Kier alpha value is -0.650. The number of aliphatic hydroxyl groups excluding tert-OH is 1. The summed E-state index contributed by atoms with van der Waals surface area (Å²) in [6.07, 6.45) is 4.83. The van der Waals surface area contributed by atoms with Gasteiger partial charge in [0.25, 0.3) is 0 Å². The van der Waals surface area contributed by atoms with Crippen molar-refractivity contribution in [1.82, 2.24) is 9.80 Å². The minimum Gasteiger partial charge on any atom is -0.389 e. The van der Waals surface area contributed by atoms with Crippen LogP contribution in [-0.2, 0) is 10.2 Å². The average molecular weight is 367 g/mol. The Kier molecular flexibility index (Phi) is 6.75. The lowest BCUT2D eigenvalue weighted by Gasteiger charge is -2.41. The maximum atomic E-state index is 9.92. The molecule has 1 N–H and O–H groups in total. The van der Waals surface area contributed by atoms with Gasteiger partial charge in [-0.2, -0.15) is 0 Å². The number of benzene rings is 1. The zero-order chi connectivity index (χ0) is 17.7. The number of aliphatic hydroxyl groups is 1. The van der Waals surface area contributed by atoms with Gasteiger partial charge in [0.2, 0.25) is 0 Å². The van der Waals surface area contributed by atoms with Crippen LogP contribution in [0.4, 0.5) is 0 Å². The highest BCUT2D eigenvalue weighted by Gasteiger charge is 2.37. The van der Waals surface area contributed by atoms with Gasteiger partial charge in [0, 0.05) is 56.8 Å². The van der Waals surface area contributed by atoms with Gasteiger partial charge in [-0.15, -0.1) is 0 Å². The second kappa shape index (κ2) is 8.83. The van der Waals surface area contributed by atoms with Crippen LogP contribution in [0.3, 0.4) is 0 Å². The van der Waals surface area contributed by atoms with E-state index in [1.807, 2.05) is 12.1 Å². The molecule has 140 valence electrons. The molecule has 1 aromatic rings. The van der Waals surface area contributed by atoms with Crippen LogP contribution in [0, 0.1) is 0 Å². The molecule has 0 bridgehead atoms. The zero-order valence-corrected chi connectivity index (χ0v) is 16.0. The van der Waals surface area contributed by atoms with Gasteiger partial charge >= 0.3 is 0 Å². The predicted octanol–water partition coefficient (Wildman–Crippen LogP) is 2.78. The molecule has 1 heterocycles. The smallest absolute Gasteiger partial charge is 0.0900 e. The monoisotopic (exact) mass is 366 g/mol. The van der Waals surface area contributed by atoms with Crippen LogP contribution in [0.15, 0.2) is 24.3 Å². The molecule has 1 unspecified atom stereocenters. The molecule has 4 nitrogen and oxygen atoms in total. The van der Waals surface area contributed by atoms with Gasteiger partial charge in [-0.1, -0.05) is 36.6 Å². The van der Waals surface area contributed by atoms with Crippen molar-refractivity contribution in [3.05, 3.63) is 34.9 Å². The molecule has 0 radical (unpaired) electrons. The summed E-state index contributed by atoms with van der Waals surface area (Å²) in [6.45, 7) is 6.48.